The van der Waals surface area contributed by atoms with E-state index in [0.717, 1.165) is 41.3 Å². The molecule has 0 bridgehead atoms. The van der Waals surface area contributed by atoms with E-state index in [0.29, 0.717) is 0 Å². The molecule has 4 heteroatoms. The molecule has 96 valence electrons. The van der Waals surface area contributed by atoms with Crippen molar-refractivity contribution >= 4 is 5.69 Å². The molecule has 1 aromatic carbocycles. The average Bonchev–Trinajstić information content (AvgIpc) is 2.65. The fourth-order valence-corrected chi connectivity index (χ4v) is 2.17. The van der Waals surface area contributed by atoms with Crippen molar-refractivity contribution in [3.8, 4) is 11.4 Å². The third-order valence-corrected chi connectivity index (χ3v) is 3.05. The van der Waals surface area contributed by atoms with Gasteiger partial charge >= 0.3 is 0 Å². The molecular formula is C14H20N4. The Kier molecular flexibility index (Phi) is 3.36. The van der Waals surface area contributed by atoms with Crippen LogP contribution in [0.5, 0.6) is 0 Å². The summed E-state index contributed by atoms with van der Waals surface area (Å²) in [6.07, 6.45) is 1.95. The lowest BCUT2D eigenvalue weighted by molar-refractivity contribution is 0.737. The van der Waals surface area contributed by atoms with Crippen LogP contribution in [0.1, 0.15) is 30.3 Å². The highest BCUT2D eigenvalue weighted by Gasteiger charge is 2.13. The SMILES string of the molecule is CCCc1nc(-c2cc(C)cc(C)c2N)n(C)n1. The molecule has 1 aromatic heterocycles. The van der Waals surface area contributed by atoms with Gasteiger partial charge in [-0.3, -0.25) is 0 Å². The first-order valence-corrected chi connectivity index (χ1v) is 6.30. The van der Waals surface area contributed by atoms with Crippen molar-refractivity contribution in [3.63, 3.8) is 0 Å². The normalized spacial score (nSPS) is 10.9. The molecule has 0 fully saturated rings. The Bertz CT molecular complexity index is 569. The highest BCUT2D eigenvalue weighted by atomic mass is 15.3. The minimum atomic E-state index is 0.791. The summed E-state index contributed by atoms with van der Waals surface area (Å²) in [5, 5.41) is 4.43. The van der Waals surface area contributed by atoms with Gasteiger partial charge < -0.3 is 5.73 Å². The Balaban J connectivity index is 2.54. The van der Waals surface area contributed by atoms with Crippen molar-refractivity contribution in [3.05, 3.63) is 29.1 Å². The van der Waals surface area contributed by atoms with Gasteiger partial charge in [-0.15, -0.1) is 0 Å². The van der Waals surface area contributed by atoms with Gasteiger partial charge in [-0.2, -0.15) is 5.10 Å². The second-order valence-electron chi connectivity index (χ2n) is 4.77. The summed E-state index contributed by atoms with van der Waals surface area (Å²) in [6.45, 7) is 6.22. The number of rotatable bonds is 3. The molecule has 2 aromatic rings. The van der Waals surface area contributed by atoms with Gasteiger partial charge in [0.15, 0.2) is 11.6 Å². The number of hydrogen-bond acceptors (Lipinski definition) is 3. The van der Waals surface area contributed by atoms with Crippen molar-refractivity contribution in [1.82, 2.24) is 14.8 Å². The maximum atomic E-state index is 6.15. The Hall–Kier alpha value is -1.84. The smallest absolute Gasteiger partial charge is 0.160 e. The van der Waals surface area contributed by atoms with Crippen LogP contribution in [-0.4, -0.2) is 14.8 Å². The van der Waals surface area contributed by atoms with E-state index < -0.39 is 0 Å². The molecule has 4 nitrogen and oxygen atoms in total. The van der Waals surface area contributed by atoms with Gasteiger partial charge in [0.1, 0.15) is 0 Å². The minimum Gasteiger partial charge on any atom is -0.398 e. The summed E-state index contributed by atoms with van der Waals surface area (Å²) in [4.78, 5) is 4.58. The van der Waals surface area contributed by atoms with E-state index in [1.54, 1.807) is 0 Å². The van der Waals surface area contributed by atoms with Crippen LogP contribution < -0.4 is 5.73 Å². The highest BCUT2D eigenvalue weighted by molar-refractivity contribution is 5.75. The zero-order chi connectivity index (χ0) is 13.3. The summed E-state index contributed by atoms with van der Waals surface area (Å²) in [5.74, 6) is 1.73. The predicted molar refractivity (Wildman–Crippen MR) is 74.3 cm³/mol. The quantitative estimate of drug-likeness (QED) is 0.844. The van der Waals surface area contributed by atoms with Gasteiger partial charge in [0.05, 0.1) is 0 Å². The third-order valence-electron chi connectivity index (χ3n) is 3.05. The highest BCUT2D eigenvalue weighted by Crippen LogP contribution is 2.28. The lowest BCUT2D eigenvalue weighted by Crippen LogP contribution is -2.00. The Morgan fingerprint density at radius 3 is 2.67 bits per heavy atom. The lowest BCUT2D eigenvalue weighted by atomic mass is 10.0. The number of aryl methyl sites for hydroxylation is 4. The van der Waals surface area contributed by atoms with Crippen LogP contribution in [0.4, 0.5) is 5.69 Å². The van der Waals surface area contributed by atoms with Gasteiger partial charge in [0.25, 0.3) is 0 Å². The van der Waals surface area contributed by atoms with Crippen molar-refractivity contribution in [2.75, 3.05) is 5.73 Å². The number of anilines is 1. The zero-order valence-corrected chi connectivity index (χ0v) is 11.5. The predicted octanol–water partition coefficient (Wildman–Crippen LogP) is 2.63. The topological polar surface area (TPSA) is 56.7 Å². The molecule has 0 amide bonds. The minimum absolute atomic E-state index is 0.791. The van der Waals surface area contributed by atoms with Crippen LogP contribution in [0.15, 0.2) is 12.1 Å². The molecule has 18 heavy (non-hydrogen) atoms. The number of nitrogens with two attached hydrogens (primary N) is 1. The Morgan fingerprint density at radius 2 is 2.00 bits per heavy atom. The molecule has 2 rings (SSSR count). The van der Waals surface area contributed by atoms with Crippen molar-refractivity contribution in [1.29, 1.82) is 0 Å². The number of aromatic nitrogens is 3. The van der Waals surface area contributed by atoms with E-state index in [4.69, 9.17) is 5.73 Å². The third kappa shape index (κ3) is 2.23. The van der Waals surface area contributed by atoms with Crippen LogP contribution in [0, 0.1) is 13.8 Å². The van der Waals surface area contributed by atoms with Crippen molar-refractivity contribution in [2.45, 2.75) is 33.6 Å². The lowest BCUT2D eigenvalue weighted by Gasteiger charge is -2.09. The van der Waals surface area contributed by atoms with Gasteiger partial charge in [0, 0.05) is 24.7 Å². The van der Waals surface area contributed by atoms with Crippen LogP contribution in [0.25, 0.3) is 11.4 Å². The van der Waals surface area contributed by atoms with E-state index in [-0.39, 0.29) is 0 Å². The van der Waals surface area contributed by atoms with E-state index in [2.05, 4.69) is 36.1 Å². The summed E-state index contributed by atoms with van der Waals surface area (Å²) in [5.41, 5.74) is 10.2. The Labute approximate surface area is 108 Å². The van der Waals surface area contributed by atoms with E-state index in [1.807, 2.05) is 18.7 Å². The van der Waals surface area contributed by atoms with Crippen LogP contribution in [0.3, 0.4) is 0 Å². The molecule has 1 heterocycles. The van der Waals surface area contributed by atoms with E-state index in [1.165, 1.54) is 5.56 Å². The maximum Gasteiger partial charge on any atom is 0.160 e. The standard InChI is InChI=1S/C14H20N4/c1-5-6-12-16-14(18(4)17-12)11-8-9(2)7-10(3)13(11)15/h7-8H,5-6,15H2,1-4H3. The molecular weight excluding hydrogens is 224 g/mol. The molecule has 0 radical (unpaired) electrons. The average molecular weight is 244 g/mol. The number of nitrogens with zero attached hydrogens (tertiary/aromatic N) is 3. The monoisotopic (exact) mass is 244 g/mol. The zero-order valence-electron chi connectivity index (χ0n) is 11.5. The van der Waals surface area contributed by atoms with Gasteiger partial charge in [0.2, 0.25) is 0 Å². The second kappa shape index (κ2) is 4.80. The number of benzene rings is 1. The van der Waals surface area contributed by atoms with Crippen LogP contribution in [-0.2, 0) is 13.5 Å². The maximum absolute atomic E-state index is 6.15. The van der Waals surface area contributed by atoms with Gasteiger partial charge in [-0.05, 0) is 37.5 Å². The van der Waals surface area contributed by atoms with Crippen molar-refractivity contribution < 1.29 is 0 Å². The summed E-state index contributed by atoms with van der Waals surface area (Å²) in [6, 6.07) is 4.16. The van der Waals surface area contributed by atoms with Gasteiger partial charge in [-0.25, -0.2) is 9.67 Å². The first-order chi connectivity index (χ1) is 8.52. The fraction of sp³-hybridized carbons (Fsp3) is 0.429. The molecule has 0 saturated carbocycles. The fourth-order valence-electron chi connectivity index (χ4n) is 2.17. The van der Waals surface area contributed by atoms with Gasteiger partial charge in [-0.1, -0.05) is 13.0 Å². The summed E-state index contributed by atoms with van der Waals surface area (Å²) >= 11 is 0. The van der Waals surface area contributed by atoms with E-state index in [9.17, 15) is 0 Å². The molecule has 2 N–H and O–H groups in total. The molecule has 0 spiro atoms. The first-order valence-electron chi connectivity index (χ1n) is 6.30. The van der Waals surface area contributed by atoms with Crippen molar-refractivity contribution in [2.24, 2.45) is 7.05 Å². The number of hydrogen-bond donors (Lipinski definition) is 1. The molecule has 0 aliphatic heterocycles. The van der Waals surface area contributed by atoms with Crippen LogP contribution in [0.2, 0.25) is 0 Å². The second-order valence-corrected chi connectivity index (χ2v) is 4.77. The first kappa shape index (κ1) is 12.6. The molecule has 0 atom stereocenters. The molecule has 0 aliphatic carbocycles. The largest absolute Gasteiger partial charge is 0.398 e. The van der Waals surface area contributed by atoms with Crippen LogP contribution >= 0.6 is 0 Å². The Morgan fingerprint density at radius 1 is 1.28 bits per heavy atom. The molecule has 0 saturated heterocycles. The number of nitrogen functional groups attached to an aromatic ring is 1. The summed E-state index contributed by atoms with van der Waals surface area (Å²) < 4.78 is 1.82. The van der Waals surface area contributed by atoms with E-state index >= 15 is 0 Å². The summed E-state index contributed by atoms with van der Waals surface area (Å²) in [7, 11) is 1.92. The molecule has 0 unspecified atom stereocenters. The molecule has 0 aliphatic rings.